The van der Waals surface area contributed by atoms with Crippen LogP contribution in [0.3, 0.4) is 0 Å². The third kappa shape index (κ3) is 3.74. The van der Waals surface area contributed by atoms with Gasteiger partial charge in [0.2, 0.25) is 0 Å². The van der Waals surface area contributed by atoms with Gasteiger partial charge < -0.3 is 9.72 Å². The molecule has 2 heterocycles. The van der Waals surface area contributed by atoms with E-state index < -0.39 is 12.1 Å². The highest BCUT2D eigenvalue weighted by Crippen LogP contribution is 2.16. The molecule has 3 aromatic rings. The van der Waals surface area contributed by atoms with Crippen molar-refractivity contribution in [3.63, 3.8) is 0 Å². The number of carbonyl (C=O) groups is 1. The molecular formula is C19H17FN2O3. The summed E-state index contributed by atoms with van der Waals surface area (Å²) in [4.78, 5) is 31.2. The number of nitrogens with zero attached hydrogens (tertiary/aromatic N) is 1. The van der Waals surface area contributed by atoms with Crippen LogP contribution in [-0.2, 0) is 11.2 Å². The van der Waals surface area contributed by atoms with E-state index in [0.29, 0.717) is 23.0 Å². The smallest absolute Gasteiger partial charge is 0.340 e. The zero-order chi connectivity index (χ0) is 18.0. The minimum Gasteiger partial charge on any atom is -0.459 e. The number of hydrogen-bond donors (Lipinski definition) is 1. The topological polar surface area (TPSA) is 72.0 Å². The lowest BCUT2D eigenvalue weighted by atomic mass is 10.1. The molecule has 0 fully saturated rings. The van der Waals surface area contributed by atoms with Crippen LogP contribution in [0.25, 0.3) is 10.9 Å². The molecule has 3 rings (SSSR count). The summed E-state index contributed by atoms with van der Waals surface area (Å²) in [5, 5.41) is 0.339. The molecule has 0 aliphatic heterocycles. The summed E-state index contributed by atoms with van der Waals surface area (Å²) in [6.45, 7) is 3.46. The van der Waals surface area contributed by atoms with E-state index in [1.807, 2.05) is 0 Å². The second-order valence-electron chi connectivity index (χ2n) is 5.91. The molecule has 0 saturated heterocycles. The van der Waals surface area contributed by atoms with Gasteiger partial charge in [-0.2, -0.15) is 0 Å². The van der Waals surface area contributed by atoms with Crippen LogP contribution in [0, 0.1) is 12.7 Å². The normalized spacial score (nSPS) is 12.1. The molecule has 1 unspecified atom stereocenters. The van der Waals surface area contributed by atoms with Crippen molar-refractivity contribution in [1.29, 1.82) is 0 Å². The van der Waals surface area contributed by atoms with E-state index in [1.54, 1.807) is 32.0 Å². The standard InChI is InChI=1S/C19H17FN2O3/c1-11(9-13-3-5-14(20)6-4-13)25-19(24)15-10-16-17(22-12(15)2)7-8-21-18(16)23/h3-8,10-11H,9H2,1-2H3,(H,21,23). The fraction of sp³-hybridized carbons (Fsp3) is 0.211. The maximum absolute atomic E-state index is 12.9. The van der Waals surface area contributed by atoms with E-state index in [-0.39, 0.29) is 16.9 Å². The molecule has 0 aliphatic carbocycles. The van der Waals surface area contributed by atoms with E-state index in [2.05, 4.69) is 9.97 Å². The van der Waals surface area contributed by atoms with Crippen LogP contribution < -0.4 is 5.56 Å². The van der Waals surface area contributed by atoms with E-state index in [9.17, 15) is 14.0 Å². The lowest BCUT2D eigenvalue weighted by Crippen LogP contribution is -2.19. The van der Waals surface area contributed by atoms with Gasteiger partial charge in [0.1, 0.15) is 11.9 Å². The summed E-state index contributed by atoms with van der Waals surface area (Å²) in [5.41, 5.74) is 1.84. The van der Waals surface area contributed by atoms with Crippen molar-refractivity contribution in [2.45, 2.75) is 26.4 Å². The number of aromatic nitrogens is 2. The average Bonchev–Trinajstić information content (AvgIpc) is 2.56. The van der Waals surface area contributed by atoms with Crippen LogP contribution in [0.15, 0.2) is 47.4 Å². The summed E-state index contributed by atoms with van der Waals surface area (Å²) < 4.78 is 18.4. The summed E-state index contributed by atoms with van der Waals surface area (Å²) in [6.07, 6.45) is 1.58. The molecule has 0 bridgehead atoms. The predicted molar refractivity (Wildman–Crippen MR) is 92.1 cm³/mol. The molecule has 5 nitrogen and oxygen atoms in total. The number of pyridine rings is 2. The van der Waals surface area contributed by atoms with Gasteiger partial charge in [-0.05, 0) is 43.7 Å². The number of halogens is 1. The molecule has 128 valence electrons. The number of H-pyrrole nitrogens is 1. The van der Waals surface area contributed by atoms with Gasteiger partial charge >= 0.3 is 5.97 Å². The Labute approximate surface area is 143 Å². The van der Waals surface area contributed by atoms with Gasteiger partial charge in [-0.3, -0.25) is 9.78 Å². The molecule has 25 heavy (non-hydrogen) atoms. The third-order valence-electron chi connectivity index (χ3n) is 3.91. The quantitative estimate of drug-likeness (QED) is 0.741. The Hall–Kier alpha value is -3.02. The Bertz CT molecular complexity index is 980. The molecule has 1 N–H and O–H groups in total. The van der Waals surface area contributed by atoms with E-state index >= 15 is 0 Å². The highest BCUT2D eigenvalue weighted by atomic mass is 19.1. The number of hydrogen-bond acceptors (Lipinski definition) is 4. The Balaban J connectivity index is 1.79. The number of benzene rings is 1. The molecule has 0 spiro atoms. The van der Waals surface area contributed by atoms with E-state index in [4.69, 9.17) is 4.74 Å². The van der Waals surface area contributed by atoms with Gasteiger partial charge in [-0.1, -0.05) is 12.1 Å². The molecule has 0 aliphatic rings. The summed E-state index contributed by atoms with van der Waals surface area (Å²) >= 11 is 0. The zero-order valence-corrected chi connectivity index (χ0v) is 13.9. The van der Waals surface area contributed by atoms with Crippen molar-refractivity contribution in [2.75, 3.05) is 0 Å². The number of esters is 1. The van der Waals surface area contributed by atoms with E-state index in [1.165, 1.54) is 24.4 Å². The average molecular weight is 340 g/mol. The molecule has 0 amide bonds. The number of nitrogens with one attached hydrogen (secondary N) is 1. The van der Waals surface area contributed by atoms with Crippen LogP contribution in [0.2, 0.25) is 0 Å². The van der Waals surface area contributed by atoms with Crippen LogP contribution in [0.4, 0.5) is 4.39 Å². The summed E-state index contributed by atoms with van der Waals surface area (Å²) in [5.74, 6) is -0.846. The fourth-order valence-electron chi connectivity index (χ4n) is 2.65. The number of rotatable bonds is 4. The molecule has 0 saturated carbocycles. The number of aryl methyl sites for hydroxylation is 1. The molecule has 2 aromatic heterocycles. The van der Waals surface area contributed by atoms with Crippen LogP contribution in [0.1, 0.15) is 28.5 Å². The van der Waals surface area contributed by atoms with Gasteiger partial charge in [-0.15, -0.1) is 0 Å². The first-order valence-electron chi connectivity index (χ1n) is 7.88. The van der Waals surface area contributed by atoms with E-state index in [0.717, 1.165) is 5.56 Å². The van der Waals surface area contributed by atoms with Crippen LogP contribution >= 0.6 is 0 Å². The molecule has 6 heteroatoms. The number of aromatic amines is 1. The van der Waals surface area contributed by atoms with Gasteiger partial charge in [-0.25, -0.2) is 9.18 Å². The first kappa shape index (κ1) is 16.8. The highest BCUT2D eigenvalue weighted by molar-refractivity contribution is 5.94. The Kier molecular flexibility index (Phi) is 4.61. The van der Waals surface area contributed by atoms with Crippen LogP contribution in [0.5, 0.6) is 0 Å². The summed E-state index contributed by atoms with van der Waals surface area (Å²) in [7, 11) is 0. The fourth-order valence-corrected chi connectivity index (χ4v) is 2.65. The first-order chi connectivity index (χ1) is 11.9. The maximum Gasteiger partial charge on any atom is 0.340 e. The Morgan fingerprint density at radius 2 is 2.00 bits per heavy atom. The van der Waals surface area contributed by atoms with Gasteiger partial charge in [0.25, 0.3) is 5.56 Å². The molecule has 1 atom stereocenters. The highest BCUT2D eigenvalue weighted by Gasteiger charge is 2.17. The minimum atomic E-state index is -0.537. The van der Waals surface area contributed by atoms with Crippen molar-refractivity contribution >= 4 is 16.9 Å². The third-order valence-corrected chi connectivity index (χ3v) is 3.91. The lowest BCUT2D eigenvalue weighted by molar-refractivity contribution is 0.0341. The van der Waals surface area contributed by atoms with Crippen molar-refractivity contribution in [1.82, 2.24) is 9.97 Å². The Morgan fingerprint density at radius 3 is 2.72 bits per heavy atom. The number of carbonyl (C=O) groups excluding carboxylic acids is 1. The van der Waals surface area contributed by atoms with Crippen molar-refractivity contribution in [3.8, 4) is 0 Å². The number of fused-ring (bicyclic) bond motifs is 1. The largest absolute Gasteiger partial charge is 0.459 e. The maximum atomic E-state index is 12.9. The SMILES string of the molecule is Cc1nc2cc[nH]c(=O)c2cc1C(=O)OC(C)Cc1ccc(F)cc1. The molecule has 0 radical (unpaired) electrons. The van der Waals surface area contributed by atoms with Gasteiger partial charge in [0.15, 0.2) is 0 Å². The van der Waals surface area contributed by atoms with Gasteiger partial charge in [0.05, 0.1) is 22.2 Å². The van der Waals surface area contributed by atoms with Crippen molar-refractivity contribution < 1.29 is 13.9 Å². The minimum absolute atomic E-state index is 0.259. The molecular weight excluding hydrogens is 323 g/mol. The van der Waals surface area contributed by atoms with Crippen LogP contribution in [-0.4, -0.2) is 22.0 Å². The molecule has 1 aromatic carbocycles. The predicted octanol–water partition coefficient (Wildman–Crippen LogP) is 3.16. The first-order valence-corrected chi connectivity index (χ1v) is 7.88. The second-order valence-corrected chi connectivity index (χ2v) is 5.91. The van der Waals surface area contributed by atoms with Crippen molar-refractivity contribution in [2.24, 2.45) is 0 Å². The zero-order valence-electron chi connectivity index (χ0n) is 13.9. The monoisotopic (exact) mass is 340 g/mol. The summed E-state index contributed by atoms with van der Waals surface area (Å²) in [6, 6.07) is 9.23. The number of ether oxygens (including phenoxy) is 1. The van der Waals surface area contributed by atoms with Gasteiger partial charge in [0, 0.05) is 12.6 Å². The van der Waals surface area contributed by atoms with Crippen molar-refractivity contribution in [3.05, 3.63) is 75.6 Å². The second kappa shape index (κ2) is 6.84. The Morgan fingerprint density at radius 1 is 1.28 bits per heavy atom. The lowest BCUT2D eigenvalue weighted by Gasteiger charge is -2.14.